The van der Waals surface area contributed by atoms with Crippen LogP contribution in [0.4, 0.5) is 9.52 Å². The molecule has 4 bridgehead atoms. The van der Waals surface area contributed by atoms with Crippen LogP contribution in [0, 0.1) is 29.0 Å². The third-order valence-corrected chi connectivity index (χ3v) is 7.98. The molecule has 0 aliphatic heterocycles. The first-order chi connectivity index (χ1) is 15.0. The quantitative estimate of drug-likeness (QED) is 0.681. The Morgan fingerprint density at radius 2 is 1.68 bits per heavy atom. The maximum Gasteiger partial charge on any atom is 0.227 e. The molecular weight excluding hydrogens is 415 g/mol. The maximum atomic E-state index is 13.0. The average Bonchev–Trinajstić information content (AvgIpc) is 3.15. The minimum absolute atomic E-state index is 0.150. The topological polar surface area (TPSA) is 84.0 Å². The number of anilines is 1. The Morgan fingerprint density at radius 1 is 1.03 bits per heavy atom. The number of amides is 2. The SMILES string of the molecule is O=C(CCNC(=O)C12CC3CC(CC(C3)C1)C2)Nc1nnc(Cc2ccc(F)cc2)s1. The number of halogens is 1. The van der Waals surface area contributed by atoms with Gasteiger partial charge in [-0.2, -0.15) is 0 Å². The Bertz CT molecular complexity index is 939. The molecule has 0 unspecified atom stereocenters. The predicted molar refractivity (Wildman–Crippen MR) is 116 cm³/mol. The van der Waals surface area contributed by atoms with E-state index in [2.05, 4.69) is 20.8 Å². The first-order valence-electron chi connectivity index (χ1n) is 11.1. The van der Waals surface area contributed by atoms with Crippen molar-refractivity contribution in [2.75, 3.05) is 11.9 Å². The zero-order chi connectivity index (χ0) is 21.4. The number of nitrogens with one attached hydrogen (secondary N) is 2. The molecule has 4 aliphatic rings. The molecule has 0 radical (unpaired) electrons. The van der Waals surface area contributed by atoms with Gasteiger partial charge in [0.2, 0.25) is 16.9 Å². The van der Waals surface area contributed by atoms with Crippen molar-refractivity contribution < 1.29 is 14.0 Å². The van der Waals surface area contributed by atoms with Crippen LogP contribution in [0.15, 0.2) is 24.3 Å². The zero-order valence-electron chi connectivity index (χ0n) is 17.4. The minimum atomic E-state index is -0.274. The standard InChI is InChI=1S/C23H27FN4O2S/c24-18-3-1-14(2-4-18)10-20-27-28-22(31-20)26-19(29)5-6-25-21(30)23-11-15-7-16(12-23)9-17(8-15)13-23/h1-4,15-17H,5-13H2,(H,25,30)(H,26,28,29). The fraction of sp³-hybridized carbons (Fsp3) is 0.565. The number of carbonyl (C=O) groups is 2. The highest BCUT2D eigenvalue weighted by Gasteiger charge is 2.54. The molecule has 2 N–H and O–H groups in total. The summed E-state index contributed by atoms with van der Waals surface area (Å²) in [4.78, 5) is 25.2. The van der Waals surface area contributed by atoms with Gasteiger partial charge < -0.3 is 10.6 Å². The van der Waals surface area contributed by atoms with Gasteiger partial charge in [0.15, 0.2) is 0 Å². The summed E-state index contributed by atoms with van der Waals surface area (Å²) in [5, 5.41) is 15.1. The van der Waals surface area contributed by atoms with E-state index in [1.165, 1.54) is 42.7 Å². The molecule has 0 saturated heterocycles. The van der Waals surface area contributed by atoms with Crippen LogP contribution in [0.2, 0.25) is 0 Å². The summed E-state index contributed by atoms with van der Waals surface area (Å²) < 4.78 is 13.0. The highest BCUT2D eigenvalue weighted by Crippen LogP contribution is 2.60. The van der Waals surface area contributed by atoms with E-state index in [0.29, 0.717) is 18.1 Å². The molecule has 0 atom stereocenters. The van der Waals surface area contributed by atoms with Crippen LogP contribution in [0.3, 0.4) is 0 Å². The lowest BCUT2D eigenvalue weighted by Gasteiger charge is -2.55. The fourth-order valence-electron chi connectivity index (χ4n) is 6.20. The van der Waals surface area contributed by atoms with Crippen molar-refractivity contribution in [1.82, 2.24) is 15.5 Å². The van der Waals surface area contributed by atoms with E-state index in [1.54, 1.807) is 12.1 Å². The minimum Gasteiger partial charge on any atom is -0.355 e. The average molecular weight is 443 g/mol. The van der Waals surface area contributed by atoms with E-state index in [9.17, 15) is 14.0 Å². The Morgan fingerprint density at radius 3 is 2.32 bits per heavy atom. The molecule has 1 heterocycles. The van der Waals surface area contributed by atoms with E-state index >= 15 is 0 Å². The van der Waals surface area contributed by atoms with Gasteiger partial charge in [0.25, 0.3) is 0 Å². The number of aromatic nitrogens is 2. The van der Waals surface area contributed by atoms with Gasteiger partial charge >= 0.3 is 0 Å². The summed E-state index contributed by atoms with van der Waals surface area (Å²) in [5.41, 5.74) is 0.752. The van der Waals surface area contributed by atoms with Crippen molar-refractivity contribution >= 4 is 28.3 Å². The number of benzene rings is 1. The lowest BCUT2D eigenvalue weighted by Crippen LogP contribution is -2.53. The molecule has 1 aromatic heterocycles. The van der Waals surface area contributed by atoms with Crippen molar-refractivity contribution in [3.05, 3.63) is 40.7 Å². The number of carbonyl (C=O) groups excluding carboxylic acids is 2. The summed E-state index contributed by atoms with van der Waals surface area (Å²) in [7, 11) is 0. The van der Waals surface area contributed by atoms with Gasteiger partial charge in [0, 0.05) is 24.8 Å². The predicted octanol–water partition coefficient (Wildman–Crippen LogP) is 3.93. The monoisotopic (exact) mass is 442 g/mol. The van der Waals surface area contributed by atoms with E-state index in [0.717, 1.165) is 47.6 Å². The van der Waals surface area contributed by atoms with Gasteiger partial charge in [-0.15, -0.1) is 10.2 Å². The van der Waals surface area contributed by atoms with Crippen LogP contribution in [0.1, 0.15) is 55.5 Å². The molecule has 0 spiro atoms. The maximum absolute atomic E-state index is 13.0. The molecular formula is C23H27FN4O2S. The van der Waals surface area contributed by atoms with E-state index in [4.69, 9.17) is 0 Å². The molecule has 31 heavy (non-hydrogen) atoms. The number of rotatable bonds is 7. The molecule has 1 aromatic carbocycles. The Balaban J connectivity index is 1.08. The summed E-state index contributed by atoms with van der Waals surface area (Å²) in [6, 6.07) is 6.25. The highest BCUT2D eigenvalue weighted by atomic mass is 32.1. The van der Waals surface area contributed by atoms with E-state index in [-0.39, 0.29) is 29.5 Å². The number of nitrogens with zero attached hydrogens (tertiary/aromatic N) is 2. The lowest BCUT2D eigenvalue weighted by atomic mass is 9.49. The molecule has 2 aromatic rings. The second-order valence-electron chi connectivity index (χ2n) is 9.56. The van der Waals surface area contributed by atoms with Crippen LogP contribution in [0.5, 0.6) is 0 Å². The van der Waals surface area contributed by atoms with Crippen LogP contribution in [0.25, 0.3) is 0 Å². The molecule has 2 amide bonds. The van der Waals surface area contributed by atoms with Gasteiger partial charge in [-0.05, 0) is 74.0 Å². The van der Waals surface area contributed by atoms with Crippen molar-refractivity contribution in [3.8, 4) is 0 Å². The first kappa shape index (κ1) is 20.5. The normalized spacial score (nSPS) is 28.5. The van der Waals surface area contributed by atoms with Gasteiger partial charge in [-0.25, -0.2) is 4.39 Å². The van der Waals surface area contributed by atoms with Gasteiger partial charge in [0.1, 0.15) is 10.8 Å². The van der Waals surface area contributed by atoms with Gasteiger partial charge in [0.05, 0.1) is 0 Å². The smallest absolute Gasteiger partial charge is 0.227 e. The fourth-order valence-corrected chi connectivity index (χ4v) is 6.99. The number of hydrogen-bond donors (Lipinski definition) is 2. The summed E-state index contributed by atoms with van der Waals surface area (Å²) in [5.74, 6) is 1.86. The second kappa shape index (κ2) is 8.30. The van der Waals surface area contributed by atoms with Crippen molar-refractivity contribution in [2.45, 2.75) is 51.4 Å². The summed E-state index contributed by atoms with van der Waals surface area (Å²) >= 11 is 1.30. The van der Waals surface area contributed by atoms with Gasteiger partial charge in [-0.1, -0.05) is 23.5 Å². The van der Waals surface area contributed by atoms with Crippen molar-refractivity contribution in [1.29, 1.82) is 0 Å². The summed E-state index contributed by atoms with van der Waals surface area (Å²) in [6.07, 6.45) is 7.75. The largest absolute Gasteiger partial charge is 0.355 e. The Hall–Kier alpha value is -2.35. The molecule has 8 heteroatoms. The van der Waals surface area contributed by atoms with Crippen molar-refractivity contribution in [2.24, 2.45) is 23.2 Å². The van der Waals surface area contributed by atoms with E-state index in [1.807, 2.05) is 0 Å². The highest BCUT2D eigenvalue weighted by molar-refractivity contribution is 7.15. The summed E-state index contributed by atoms with van der Waals surface area (Å²) in [6.45, 7) is 0.341. The lowest BCUT2D eigenvalue weighted by molar-refractivity contribution is -0.146. The molecule has 6 nitrogen and oxygen atoms in total. The Labute approximate surface area is 185 Å². The number of hydrogen-bond acceptors (Lipinski definition) is 5. The van der Waals surface area contributed by atoms with Gasteiger partial charge in [-0.3, -0.25) is 9.59 Å². The third-order valence-electron chi connectivity index (χ3n) is 7.14. The second-order valence-corrected chi connectivity index (χ2v) is 10.6. The Kier molecular flexibility index (Phi) is 5.50. The zero-order valence-corrected chi connectivity index (χ0v) is 18.2. The van der Waals surface area contributed by atoms with Crippen molar-refractivity contribution in [3.63, 3.8) is 0 Å². The molecule has 164 valence electrons. The first-order valence-corrected chi connectivity index (χ1v) is 11.9. The molecule has 4 fully saturated rings. The van der Waals surface area contributed by atoms with Crippen LogP contribution in [-0.4, -0.2) is 28.6 Å². The third kappa shape index (κ3) is 4.49. The molecule has 6 rings (SSSR count). The van der Waals surface area contributed by atoms with Crippen LogP contribution < -0.4 is 10.6 Å². The molecule has 4 saturated carbocycles. The van der Waals surface area contributed by atoms with E-state index < -0.39 is 0 Å². The van der Waals surface area contributed by atoms with Crippen LogP contribution in [-0.2, 0) is 16.0 Å². The van der Waals surface area contributed by atoms with Crippen LogP contribution >= 0.6 is 11.3 Å². The molecule has 4 aliphatic carbocycles.